The van der Waals surface area contributed by atoms with Gasteiger partial charge in [-0.15, -0.1) is 0 Å². The van der Waals surface area contributed by atoms with Gasteiger partial charge in [0.25, 0.3) is 0 Å². The molecule has 0 aliphatic heterocycles. The highest BCUT2D eigenvalue weighted by molar-refractivity contribution is 6.42. The van der Waals surface area contributed by atoms with Crippen molar-refractivity contribution in [2.24, 2.45) is 0 Å². The Hall–Kier alpha value is -1.75. The quantitative estimate of drug-likeness (QED) is 0.569. The Bertz CT molecular complexity index is 873. The molecule has 2 rings (SSSR count). The van der Waals surface area contributed by atoms with Gasteiger partial charge in [-0.05, 0) is 49.6 Å². The van der Waals surface area contributed by atoms with Crippen LogP contribution in [0.3, 0.4) is 0 Å². The first-order chi connectivity index (χ1) is 13.7. The Morgan fingerprint density at radius 1 is 1.00 bits per heavy atom. The van der Waals surface area contributed by atoms with E-state index in [9.17, 15) is 9.59 Å². The summed E-state index contributed by atoms with van der Waals surface area (Å²) >= 11 is 18.3. The second kappa shape index (κ2) is 10.9. The zero-order valence-electron chi connectivity index (χ0n) is 16.7. The maximum Gasteiger partial charge on any atom is 0.242 e. The van der Waals surface area contributed by atoms with Gasteiger partial charge >= 0.3 is 0 Å². The number of rotatable bonds is 8. The van der Waals surface area contributed by atoms with Crippen molar-refractivity contribution in [3.63, 3.8) is 0 Å². The number of hydrogen-bond acceptors (Lipinski definition) is 2. The predicted octanol–water partition coefficient (Wildman–Crippen LogP) is 5.52. The van der Waals surface area contributed by atoms with Crippen molar-refractivity contribution in [1.29, 1.82) is 0 Å². The van der Waals surface area contributed by atoms with Gasteiger partial charge in [0.05, 0.1) is 16.5 Å². The van der Waals surface area contributed by atoms with E-state index in [0.29, 0.717) is 20.6 Å². The van der Waals surface area contributed by atoms with Gasteiger partial charge in [0.15, 0.2) is 0 Å². The van der Waals surface area contributed by atoms with E-state index in [0.717, 1.165) is 12.0 Å². The summed E-state index contributed by atoms with van der Waals surface area (Å²) in [6.45, 7) is 5.88. The maximum absolute atomic E-state index is 13.2. The first kappa shape index (κ1) is 23.5. The number of amides is 2. The SMILES string of the molecule is CC[C@@H](C)NC(=O)[C@H](C)N(Cc1ccc(Cl)c(Cl)c1)C(=O)Cc1ccccc1Cl. The number of carbonyl (C=O) groups is 2. The second-order valence-corrected chi connectivity index (χ2v) is 8.25. The lowest BCUT2D eigenvalue weighted by atomic mass is 10.1. The van der Waals surface area contributed by atoms with Crippen molar-refractivity contribution in [3.05, 3.63) is 68.7 Å². The van der Waals surface area contributed by atoms with E-state index < -0.39 is 6.04 Å². The summed E-state index contributed by atoms with van der Waals surface area (Å²) in [7, 11) is 0. The minimum Gasteiger partial charge on any atom is -0.352 e. The van der Waals surface area contributed by atoms with Crippen LogP contribution in [0.1, 0.15) is 38.3 Å². The molecule has 0 aliphatic rings. The molecule has 156 valence electrons. The van der Waals surface area contributed by atoms with Crippen LogP contribution in [-0.4, -0.2) is 28.8 Å². The van der Waals surface area contributed by atoms with Gasteiger partial charge in [0.2, 0.25) is 11.8 Å². The van der Waals surface area contributed by atoms with E-state index in [1.807, 2.05) is 32.0 Å². The Morgan fingerprint density at radius 3 is 2.31 bits per heavy atom. The predicted molar refractivity (Wildman–Crippen MR) is 120 cm³/mol. The highest BCUT2D eigenvalue weighted by Gasteiger charge is 2.27. The minimum atomic E-state index is -0.659. The van der Waals surface area contributed by atoms with Crippen LogP contribution >= 0.6 is 34.8 Å². The number of benzene rings is 2. The molecule has 7 heteroatoms. The molecule has 2 atom stereocenters. The zero-order chi connectivity index (χ0) is 21.6. The number of nitrogens with one attached hydrogen (secondary N) is 1. The molecule has 0 saturated carbocycles. The third kappa shape index (κ3) is 6.63. The van der Waals surface area contributed by atoms with Crippen molar-refractivity contribution in [2.45, 2.75) is 52.2 Å². The summed E-state index contributed by atoms with van der Waals surface area (Å²) in [5.41, 5.74) is 1.50. The summed E-state index contributed by atoms with van der Waals surface area (Å²) in [5.74, 6) is -0.400. The molecule has 0 bridgehead atoms. The van der Waals surface area contributed by atoms with Gasteiger partial charge in [-0.25, -0.2) is 0 Å². The lowest BCUT2D eigenvalue weighted by molar-refractivity contribution is -0.140. The van der Waals surface area contributed by atoms with Crippen molar-refractivity contribution < 1.29 is 9.59 Å². The third-order valence-corrected chi connectivity index (χ3v) is 5.91. The van der Waals surface area contributed by atoms with Crippen LogP contribution in [-0.2, 0) is 22.6 Å². The van der Waals surface area contributed by atoms with Crippen molar-refractivity contribution in [2.75, 3.05) is 0 Å². The molecule has 0 heterocycles. The molecule has 0 saturated heterocycles. The van der Waals surface area contributed by atoms with Crippen LogP contribution in [0, 0.1) is 0 Å². The van der Waals surface area contributed by atoms with Crippen LogP contribution in [0.5, 0.6) is 0 Å². The second-order valence-electron chi connectivity index (χ2n) is 7.03. The molecule has 29 heavy (non-hydrogen) atoms. The molecule has 0 unspecified atom stereocenters. The number of nitrogens with zero attached hydrogens (tertiary/aromatic N) is 1. The Morgan fingerprint density at radius 2 is 1.69 bits per heavy atom. The topological polar surface area (TPSA) is 49.4 Å². The van der Waals surface area contributed by atoms with Crippen LogP contribution in [0.25, 0.3) is 0 Å². The molecule has 4 nitrogen and oxygen atoms in total. The summed E-state index contributed by atoms with van der Waals surface area (Å²) in [6.07, 6.45) is 0.904. The van der Waals surface area contributed by atoms with E-state index in [2.05, 4.69) is 5.32 Å². The molecule has 0 spiro atoms. The summed E-state index contributed by atoms with van der Waals surface area (Å²) < 4.78 is 0. The van der Waals surface area contributed by atoms with E-state index in [4.69, 9.17) is 34.8 Å². The Balaban J connectivity index is 2.28. The van der Waals surface area contributed by atoms with Crippen LogP contribution in [0.2, 0.25) is 15.1 Å². The highest BCUT2D eigenvalue weighted by atomic mass is 35.5. The lowest BCUT2D eigenvalue weighted by Gasteiger charge is -2.30. The molecule has 0 aliphatic carbocycles. The monoisotopic (exact) mass is 454 g/mol. The van der Waals surface area contributed by atoms with Gasteiger partial charge in [-0.3, -0.25) is 9.59 Å². The van der Waals surface area contributed by atoms with Gasteiger partial charge in [0, 0.05) is 17.6 Å². The normalized spacial score (nSPS) is 12.9. The van der Waals surface area contributed by atoms with Crippen LogP contribution in [0.4, 0.5) is 0 Å². The van der Waals surface area contributed by atoms with Gasteiger partial charge < -0.3 is 10.2 Å². The van der Waals surface area contributed by atoms with Gasteiger partial charge in [-0.1, -0.05) is 66.0 Å². The molecular formula is C22H25Cl3N2O2. The molecule has 0 aromatic heterocycles. The standard InChI is InChI=1S/C22H25Cl3N2O2/c1-4-14(2)26-22(29)15(3)27(13-16-9-10-19(24)20(25)11-16)21(28)12-17-7-5-6-8-18(17)23/h5-11,14-15H,4,12-13H2,1-3H3,(H,26,29)/t14-,15+/m1/s1. The molecule has 0 fully saturated rings. The fourth-order valence-electron chi connectivity index (χ4n) is 2.79. The summed E-state index contributed by atoms with van der Waals surface area (Å²) in [4.78, 5) is 27.4. The first-order valence-electron chi connectivity index (χ1n) is 9.50. The molecule has 1 N–H and O–H groups in total. The van der Waals surface area contributed by atoms with Gasteiger partial charge in [-0.2, -0.15) is 0 Å². The van der Waals surface area contributed by atoms with Crippen molar-refractivity contribution in [3.8, 4) is 0 Å². The van der Waals surface area contributed by atoms with Crippen LogP contribution < -0.4 is 5.32 Å². The number of carbonyl (C=O) groups excluding carboxylic acids is 2. The largest absolute Gasteiger partial charge is 0.352 e. The van der Waals surface area contributed by atoms with Crippen LogP contribution in [0.15, 0.2) is 42.5 Å². The van der Waals surface area contributed by atoms with Crippen molar-refractivity contribution in [1.82, 2.24) is 10.2 Å². The average Bonchev–Trinajstić information content (AvgIpc) is 2.69. The van der Waals surface area contributed by atoms with Gasteiger partial charge in [0.1, 0.15) is 6.04 Å². The smallest absolute Gasteiger partial charge is 0.242 e. The number of halogens is 3. The molecular weight excluding hydrogens is 431 g/mol. The van der Waals surface area contributed by atoms with E-state index in [1.165, 1.54) is 0 Å². The Labute approximate surface area is 187 Å². The van der Waals surface area contributed by atoms with Crippen molar-refractivity contribution >= 4 is 46.6 Å². The summed E-state index contributed by atoms with van der Waals surface area (Å²) in [5, 5.41) is 4.30. The summed E-state index contributed by atoms with van der Waals surface area (Å²) in [6, 6.07) is 11.7. The fourth-order valence-corrected chi connectivity index (χ4v) is 3.31. The first-order valence-corrected chi connectivity index (χ1v) is 10.6. The Kier molecular flexibility index (Phi) is 8.81. The number of hydrogen-bond donors (Lipinski definition) is 1. The molecule has 0 radical (unpaired) electrons. The highest BCUT2D eigenvalue weighted by Crippen LogP contribution is 2.24. The third-order valence-electron chi connectivity index (χ3n) is 4.80. The molecule has 2 aromatic rings. The fraction of sp³-hybridized carbons (Fsp3) is 0.364. The average molecular weight is 456 g/mol. The van der Waals surface area contributed by atoms with E-state index in [1.54, 1.807) is 36.1 Å². The molecule has 2 aromatic carbocycles. The van der Waals surface area contributed by atoms with E-state index >= 15 is 0 Å². The maximum atomic E-state index is 13.2. The zero-order valence-corrected chi connectivity index (χ0v) is 19.0. The minimum absolute atomic E-state index is 0.0236. The lowest BCUT2D eigenvalue weighted by Crippen LogP contribution is -2.49. The van der Waals surface area contributed by atoms with E-state index in [-0.39, 0.29) is 30.8 Å². The molecule has 2 amide bonds.